The molecule has 0 radical (unpaired) electrons. The lowest BCUT2D eigenvalue weighted by molar-refractivity contribution is 0.0146. The minimum Gasteiger partial charge on any atom is -0.497 e. The minimum atomic E-state index is 0.0830. The summed E-state index contributed by atoms with van der Waals surface area (Å²) in [6.45, 7) is 4.25. The molecule has 0 aromatic heterocycles. The topological polar surface area (TPSA) is 38.8 Å². The quantitative estimate of drug-likeness (QED) is 0.777. The van der Waals surface area contributed by atoms with Gasteiger partial charge in [0.1, 0.15) is 5.75 Å². The highest BCUT2D eigenvalue weighted by Crippen LogP contribution is 2.17. The Labute approximate surface area is 161 Å². The number of amides is 1. The molecule has 0 atom stereocenters. The number of nitrogens with zero attached hydrogens (tertiary/aromatic N) is 1. The standard InChI is InChI=1S/C23H25NO3/c1-3-27-22-14-16-24(17-15-22)23(25)20-10-6-18(7-11-20)4-5-19-8-12-21(26-2)13-9-19/h6-13,22H,3,14-17H2,1-2H3. The molecule has 1 fully saturated rings. The summed E-state index contributed by atoms with van der Waals surface area (Å²) in [5.41, 5.74) is 2.52. The van der Waals surface area contributed by atoms with Crippen molar-refractivity contribution >= 4 is 5.91 Å². The van der Waals surface area contributed by atoms with Gasteiger partial charge in [0.2, 0.25) is 0 Å². The third kappa shape index (κ3) is 5.12. The summed E-state index contributed by atoms with van der Waals surface area (Å²) < 4.78 is 10.8. The number of rotatable bonds is 4. The molecule has 1 heterocycles. The summed E-state index contributed by atoms with van der Waals surface area (Å²) in [5, 5.41) is 0. The van der Waals surface area contributed by atoms with Gasteiger partial charge in [-0.2, -0.15) is 0 Å². The summed E-state index contributed by atoms with van der Waals surface area (Å²) in [5.74, 6) is 7.15. The molecule has 1 amide bonds. The Hall–Kier alpha value is -2.77. The van der Waals surface area contributed by atoms with Crippen LogP contribution < -0.4 is 4.74 Å². The molecule has 2 aromatic rings. The van der Waals surface area contributed by atoms with Crippen LogP contribution in [0.25, 0.3) is 0 Å². The van der Waals surface area contributed by atoms with Crippen LogP contribution in [-0.4, -0.2) is 43.7 Å². The van der Waals surface area contributed by atoms with Crippen LogP contribution in [-0.2, 0) is 4.74 Å². The van der Waals surface area contributed by atoms with Crippen molar-refractivity contribution in [1.82, 2.24) is 4.90 Å². The third-order valence-corrected chi connectivity index (χ3v) is 4.70. The first-order valence-corrected chi connectivity index (χ1v) is 9.36. The maximum absolute atomic E-state index is 12.7. The second kappa shape index (κ2) is 9.25. The van der Waals surface area contributed by atoms with Gasteiger partial charge < -0.3 is 14.4 Å². The third-order valence-electron chi connectivity index (χ3n) is 4.70. The summed E-state index contributed by atoms with van der Waals surface area (Å²) in [7, 11) is 1.64. The molecule has 0 unspecified atom stereocenters. The van der Waals surface area contributed by atoms with Crippen molar-refractivity contribution in [3.05, 3.63) is 65.2 Å². The zero-order chi connectivity index (χ0) is 19.1. The van der Waals surface area contributed by atoms with E-state index in [0.717, 1.165) is 49.4 Å². The van der Waals surface area contributed by atoms with Crippen molar-refractivity contribution in [3.8, 4) is 17.6 Å². The molecule has 140 valence electrons. The van der Waals surface area contributed by atoms with Gasteiger partial charge in [-0.05, 0) is 68.3 Å². The van der Waals surface area contributed by atoms with Crippen LogP contribution >= 0.6 is 0 Å². The second-order valence-electron chi connectivity index (χ2n) is 6.50. The monoisotopic (exact) mass is 363 g/mol. The van der Waals surface area contributed by atoms with Crippen molar-refractivity contribution < 1.29 is 14.3 Å². The summed E-state index contributed by atoms with van der Waals surface area (Å²) in [6.07, 6.45) is 2.10. The molecule has 0 aliphatic carbocycles. The highest BCUT2D eigenvalue weighted by molar-refractivity contribution is 5.94. The van der Waals surface area contributed by atoms with Gasteiger partial charge in [-0.15, -0.1) is 0 Å². The van der Waals surface area contributed by atoms with Crippen molar-refractivity contribution in [2.75, 3.05) is 26.8 Å². The highest BCUT2D eigenvalue weighted by Gasteiger charge is 2.23. The predicted molar refractivity (Wildman–Crippen MR) is 106 cm³/mol. The maximum Gasteiger partial charge on any atom is 0.253 e. The molecule has 4 nitrogen and oxygen atoms in total. The van der Waals surface area contributed by atoms with E-state index in [1.807, 2.05) is 60.4 Å². The molecule has 3 rings (SSSR count). The van der Waals surface area contributed by atoms with Crippen molar-refractivity contribution in [2.45, 2.75) is 25.9 Å². The Kier molecular flexibility index (Phi) is 6.51. The molecule has 1 saturated heterocycles. The highest BCUT2D eigenvalue weighted by atomic mass is 16.5. The molecule has 0 spiro atoms. The Morgan fingerprint density at radius 2 is 1.56 bits per heavy atom. The van der Waals surface area contributed by atoms with E-state index in [-0.39, 0.29) is 12.0 Å². The van der Waals surface area contributed by atoms with E-state index in [0.29, 0.717) is 5.56 Å². The Morgan fingerprint density at radius 1 is 1.00 bits per heavy atom. The van der Waals surface area contributed by atoms with Gasteiger partial charge in [0.15, 0.2) is 0 Å². The molecule has 2 aromatic carbocycles. The first-order valence-electron chi connectivity index (χ1n) is 9.36. The zero-order valence-corrected chi connectivity index (χ0v) is 15.9. The van der Waals surface area contributed by atoms with Crippen LogP contribution in [0.2, 0.25) is 0 Å². The lowest BCUT2D eigenvalue weighted by Gasteiger charge is -2.31. The van der Waals surface area contributed by atoms with E-state index in [9.17, 15) is 4.79 Å². The number of likely N-dealkylation sites (tertiary alicyclic amines) is 1. The molecule has 0 saturated carbocycles. The van der Waals surface area contributed by atoms with E-state index in [1.165, 1.54) is 0 Å². The molecule has 4 heteroatoms. The number of methoxy groups -OCH3 is 1. The van der Waals surface area contributed by atoms with E-state index in [4.69, 9.17) is 9.47 Å². The number of ether oxygens (including phenoxy) is 2. The fourth-order valence-corrected chi connectivity index (χ4v) is 3.16. The van der Waals surface area contributed by atoms with Crippen LogP contribution in [0.1, 0.15) is 41.3 Å². The maximum atomic E-state index is 12.7. The van der Waals surface area contributed by atoms with E-state index < -0.39 is 0 Å². The molecule has 27 heavy (non-hydrogen) atoms. The van der Waals surface area contributed by atoms with Gasteiger partial charge >= 0.3 is 0 Å². The van der Waals surface area contributed by atoms with Crippen LogP contribution in [0.15, 0.2) is 48.5 Å². The SMILES string of the molecule is CCOC1CCN(C(=O)c2ccc(C#Cc3ccc(OC)cc3)cc2)CC1. The lowest BCUT2D eigenvalue weighted by Crippen LogP contribution is -2.40. The number of benzene rings is 2. The van der Waals surface area contributed by atoms with E-state index in [1.54, 1.807) is 7.11 Å². The van der Waals surface area contributed by atoms with Gasteiger partial charge in [0.25, 0.3) is 5.91 Å². The summed E-state index contributed by atoms with van der Waals surface area (Å²) in [4.78, 5) is 14.6. The molecule has 0 N–H and O–H groups in total. The van der Waals surface area contributed by atoms with Crippen LogP contribution in [0.3, 0.4) is 0 Å². The predicted octanol–water partition coefficient (Wildman–Crippen LogP) is 3.74. The zero-order valence-electron chi connectivity index (χ0n) is 15.9. The normalized spacial score (nSPS) is 14.4. The number of hydrogen-bond acceptors (Lipinski definition) is 3. The summed E-state index contributed by atoms with van der Waals surface area (Å²) in [6, 6.07) is 15.1. The van der Waals surface area contributed by atoms with Gasteiger partial charge in [-0.25, -0.2) is 0 Å². The fraction of sp³-hybridized carbons (Fsp3) is 0.348. The number of carbonyl (C=O) groups is 1. The average molecular weight is 363 g/mol. The number of hydrogen-bond donors (Lipinski definition) is 0. The van der Waals surface area contributed by atoms with Gasteiger partial charge in [-0.3, -0.25) is 4.79 Å². The first-order chi connectivity index (χ1) is 13.2. The van der Waals surface area contributed by atoms with Gasteiger partial charge in [0, 0.05) is 36.4 Å². The summed E-state index contributed by atoms with van der Waals surface area (Å²) >= 11 is 0. The van der Waals surface area contributed by atoms with Gasteiger partial charge in [-0.1, -0.05) is 11.8 Å². The van der Waals surface area contributed by atoms with Crippen LogP contribution in [0.4, 0.5) is 0 Å². The Balaban J connectivity index is 1.60. The minimum absolute atomic E-state index is 0.0830. The van der Waals surface area contributed by atoms with Crippen molar-refractivity contribution in [1.29, 1.82) is 0 Å². The smallest absolute Gasteiger partial charge is 0.253 e. The Morgan fingerprint density at radius 3 is 2.07 bits per heavy atom. The molecule has 0 bridgehead atoms. The van der Waals surface area contributed by atoms with Crippen LogP contribution in [0, 0.1) is 11.8 Å². The molecular weight excluding hydrogens is 338 g/mol. The number of carbonyl (C=O) groups excluding carboxylic acids is 1. The molecule has 1 aliphatic heterocycles. The second-order valence-corrected chi connectivity index (χ2v) is 6.50. The average Bonchev–Trinajstić information content (AvgIpc) is 2.73. The van der Waals surface area contributed by atoms with Crippen molar-refractivity contribution in [3.63, 3.8) is 0 Å². The van der Waals surface area contributed by atoms with E-state index in [2.05, 4.69) is 11.8 Å². The fourth-order valence-electron chi connectivity index (χ4n) is 3.16. The van der Waals surface area contributed by atoms with E-state index >= 15 is 0 Å². The van der Waals surface area contributed by atoms with Gasteiger partial charge in [0.05, 0.1) is 13.2 Å². The first kappa shape index (κ1) is 19.0. The van der Waals surface area contributed by atoms with Crippen LogP contribution in [0.5, 0.6) is 5.75 Å². The number of piperidine rings is 1. The Bertz CT molecular complexity index is 807. The molecular formula is C23H25NO3. The van der Waals surface area contributed by atoms with Crippen molar-refractivity contribution in [2.24, 2.45) is 0 Å². The lowest BCUT2D eigenvalue weighted by atomic mass is 10.1. The molecule has 1 aliphatic rings. The largest absolute Gasteiger partial charge is 0.497 e.